The molecular formula is C21H26N6O. The zero-order chi connectivity index (χ0) is 20.1. The van der Waals surface area contributed by atoms with Crippen molar-refractivity contribution in [2.75, 3.05) is 23.3 Å². The fraction of sp³-hybridized carbons (Fsp3) is 0.476. The lowest BCUT2D eigenvalue weighted by atomic mass is 9.95. The standard InChI is InChI=1S/C21H26N6O/c1-4-16-17(12-22)20(26-25-18(16)5-2)27-10-8-15(9-11-27)21(28)24-19-7-6-14(3)13-23-19/h6-7,13,15H,4-5,8-11H2,1-3H3,(H,23,24,28). The van der Waals surface area contributed by atoms with Gasteiger partial charge < -0.3 is 10.2 Å². The summed E-state index contributed by atoms with van der Waals surface area (Å²) in [4.78, 5) is 18.9. The molecule has 0 radical (unpaired) electrons. The number of pyridine rings is 1. The monoisotopic (exact) mass is 378 g/mol. The number of nitrogens with zero attached hydrogens (tertiary/aromatic N) is 5. The van der Waals surface area contributed by atoms with E-state index in [4.69, 9.17) is 0 Å². The van der Waals surface area contributed by atoms with E-state index in [1.165, 1.54) is 0 Å². The van der Waals surface area contributed by atoms with Gasteiger partial charge in [-0.25, -0.2) is 4.98 Å². The Balaban J connectivity index is 1.68. The summed E-state index contributed by atoms with van der Waals surface area (Å²) in [5.41, 5.74) is 3.56. The van der Waals surface area contributed by atoms with E-state index in [2.05, 4.69) is 31.5 Å². The second-order valence-electron chi connectivity index (χ2n) is 7.11. The first-order chi connectivity index (χ1) is 13.6. The highest BCUT2D eigenvalue weighted by Crippen LogP contribution is 2.28. The molecule has 7 heteroatoms. The number of amides is 1. The van der Waals surface area contributed by atoms with E-state index in [0.717, 1.165) is 29.7 Å². The van der Waals surface area contributed by atoms with Crippen molar-refractivity contribution in [2.24, 2.45) is 5.92 Å². The Morgan fingerprint density at radius 3 is 2.57 bits per heavy atom. The molecule has 0 unspecified atom stereocenters. The molecule has 1 fully saturated rings. The molecule has 3 rings (SSSR count). The molecule has 0 spiro atoms. The third-order valence-corrected chi connectivity index (χ3v) is 5.27. The Morgan fingerprint density at radius 1 is 1.25 bits per heavy atom. The minimum atomic E-state index is -0.0709. The van der Waals surface area contributed by atoms with Crippen molar-refractivity contribution in [3.8, 4) is 6.07 Å². The lowest BCUT2D eigenvalue weighted by Crippen LogP contribution is -2.39. The molecule has 1 aliphatic rings. The third-order valence-electron chi connectivity index (χ3n) is 5.27. The summed E-state index contributed by atoms with van der Waals surface area (Å²) < 4.78 is 0. The molecule has 146 valence electrons. The summed E-state index contributed by atoms with van der Waals surface area (Å²) in [5, 5.41) is 21.3. The van der Waals surface area contributed by atoms with Gasteiger partial charge in [0.05, 0.1) is 5.69 Å². The fourth-order valence-corrected chi connectivity index (χ4v) is 3.62. The van der Waals surface area contributed by atoms with Crippen molar-refractivity contribution in [1.82, 2.24) is 15.2 Å². The number of aryl methyl sites for hydroxylation is 2. The lowest BCUT2D eigenvalue weighted by Gasteiger charge is -2.32. The Labute approximate surface area is 165 Å². The second-order valence-corrected chi connectivity index (χ2v) is 7.11. The molecular weight excluding hydrogens is 352 g/mol. The normalized spacial score (nSPS) is 14.6. The molecule has 28 heavy (non-hydrogen) atoms. The number of hydrogen-bond donors (Lipinski definition) is 1. The highest BCUT2D eigenvalue weighted by atomic mass is 16.1. The van der Waals surface area contributed by atoms with Gasteiger partial charge in [-0.1, -0.05) is 19.9 Å². The summed E-state index contributed by atoms with van der Waals surface area (Å²) in [6.07, 6.45) is 4.69. The smallest absolute Gasteiger partial charge is 0.228 e. The molecule has 1 aliphatic heterocycles. The summed E-state index contributed by atoms with van der Waals surface area (Å²) >= 11 is 0. The van der Waals surface area contributed by atoms with E-state index in [1.54, 1.807) is 6.20 Å². The van der Waals surface area contributed by atoms with Crippen LogP contribution in [-0.4, -0.2) is 34.2 Å². The van der Waals surface area contributed by atoms with E-state index >= 15 is 0 Å². The maximum Gasteiger partial charge on any atom is 0.228 e. The number of carbonyl (C=O) groups is 1. The van der Waals surface area contributed by atoms with Crippen LogP contribution in [0.1, 0.15) is 49.1 Å². The first-order valence-electron chi connectivity index (χ1n) is 9.84. The largest absolute Gasteiger partial charge is 0.354 e. The van der Waals surface area contributed by atoms with Crippen molar-refractivity contribution in [3.63, 3.8) is 0 Å². The van der Waals surface area contributed by atoms with Gasteiger partial charge in [0.1, 0.15) is 17.5 Å². The topological polar surface area (TPSA) is 94.8 Å². The third kappa shape index (κ3) is 4.11. The van der Waals surface area contributed by atoms with Crippen LogP contribution in [0.2, 0.25) is 0 Å². The Morgan fingerprint density at radius 2 is 2.00 bits per heavy atom. The molecule has 1 saturated heterocycles. The number of hydrogen-bond acceptors (Lipinski definition) is 6. The summed E-state index contributed by atoms with van der Waals surface area (Å²) in [5.74, 6) is 1.16. The van der Waals surface area contributed by atoms with Crippen LogP contribution in [-0.2, 0) is 17.6 Å². The predicted molar refractivity (Wildman–Crippen MR) is 108 cm³/mol. The van der Waals surface area contributed by atoms with Crippen molar-refractivity contribution in [3.05, 3.63) is 40.7 Å². The molecule has 1 N–H and O–H groups in total. The highest BCUT2D eigenvalue weighted by Gasteiger charge is 2.28. The van der Waals surface area contributed by atoms with Crippen LogP contribution in [0, 0.1) is 24.2 Å². The Bertz CT molecular complexity index is 879. The number of nitriles is 1. The molecule has 0 bridgehead atoms. The van der Waals surface area contributed by atoms with Gasteiger partial charge in [-0.15, -0.1) is 5.10 Å². The van der Waals surface area contributed by atoms with Gasteiger partial charge >= 0.3 is 0 Å². The van der Waals surface area contributed by atoms with Crippen molar-refractivity contribution in [2.45, 2.75) is 46.5 Å². The minimum Gasteiger partial charge on any atom is -0.354 e. The molecule has 0 aliphatic carbocycles. The molecule has 2 aromatic rings. The first kappa shape index (κ1) is 19.7. The molecule has 3 heterocycles. The second kappa shape index (κ2) is 8.79. The lowest BCUT2D eigenvalue weighted by molar-refractivity contribution is -0.120. The van der Waals surface area contributed by atoms with Gasteiger partial charge in [-0.3, -0.25) is 4.79 Å². The summed E-state index contributed by atoms with van der Waals surface area (Å²) in [6.45, 7) is 7.38. The Kier molecular flexibility index (Phi) is 6.19. The van der Waals surface area contributed by atoms with Crippen LogP contribution in [0.4, 0.5) is 11.6 Å². The van der Waals surface area contributed by atoms with E-state index < -0.39 is 0 Å². The average molecular weight is 378 g/mol. The maximum absolute atomic E-state index is 12.6. The van der Waals surface area contributed by atoms with E-state index in [0.29, 0.717) is 43.1 Å². The van der Waals surface area contributed by atoms with Gasteiger partial charge in [0, 0.05) is 25.2 Å². The number of rotatable bonds is 5. The number of carbonyl (C=O) groups excluding carboxylic acids is 1. The number of anilines is 2. The predicted octanol–water partition coefficient (Wildman–Crippen LogP) is 3.03. The average Bonchev–Trinajstić information content (AvgIpc) is 2.74. The van der Waals surface area contributed by atoms with Gasteiger partial charge in [-0.2, -0.15) is 10.4 Å². The fourth-order valence-electron chi connectivity index (χ4n) is 3.62. The van der Waals surface area contributed by atoms with Crippen molar-refractivity contribution >= 4 is 17.5 Å². The van der Waals surface area contributed by atoms with Crippen molar-refractivity contribution < 1.29 is 4.79 Å². The van der Waals surface area contributed by atoms with Crippen LogP contribution < -0.4 is 10.2 Å². The molecule has 0 atom stereocenters. The van der Waals surface area contributed by atoms with Gasteiger partial charge in [0.15, 0.2) is 5.82 Å². The number of piperidine rings is 1. The van der Waals surface area contributed by atoms with Crippen LogP contribution >= 0.6 is 0 Å². The number of aromatic nitrogens is 3. The maximum atomic E-state index is 12.6. The molecule has 0 saturated carbocycles. The van der Waals surface area contributed by atoms with E-state index in [9.17, 15) is 10.1 Å². The van der Waals surface area contributed by atoms with Crippen LogP contribution in [0.5, 0.6) is 0 Å². The molecule has 0 aromatic carbocycles. The van der Waals surface area contributed by atoms with Crippen LogP contribution in [0.3, 0.4) is 0 Å². The molecule has 2 aromatic heterocycles. The van der Waals surface area contributed by atoms with Crippen LogP contribution in [0.25, 0.3) is 0 Å². The zero-order valence-corrected chi connectivity index (χ0v) is 16.7. The zero-order valence-electron chi connectivity index (χ0n) is 16.7. The van der Waals surface area contributed by atoms with Crippen LogP contribution in [0.15, 0.2) is 18.3 Å². The van der Waals surface area contributed by atoms with Gasteiger partial charge in [0.25, 0.3) is 0 Å². The highest BCUT2D eigenvalue weighted by molar-refractivity contribution is 5.91. The number of nitrogens with one attached hydrogen (secondary N) is 1. The first-order valence-corrected chi connectivity index (χ1v) is 9.84. The van der Waals surface area contributed by atoms with Gasteiger partial charge in [0.2, 0.25) is 5.91 Å². The van der Waals surface area contributed by atoms with Gasteiger partial charge in [-0.05, 0) is 49.8 Å². The molecule has 1 amide bonds. The quantitative estimate of drug-likeness (QED) is 0.859. The van der Waals surface area contributed by atoms with Crippen molar-refractivity contribution in [1.29, 1.82) is 5.26 Å². The SMILES string of the molecule is CCc1nnc(N2CCC(C(=O)Nc3ccc(C)cn3)CC2)c(C#N)c1CC. The van der Waals surface area contributed by atoms with E-state index in [1.807, 2.05) is 32.9 Å². The van der Waals surface area contributed by atoms with E-state index in [-0.39, 0.29) is 11.8 Å². The minimum absolute atomic E-state index is 0.00169. The summed E-state index contributed by atoms with van der Waals surface area (Å²) in [6, 6.07) is 6.07. The Hall–Kier alpha value is -3.01. The summed E-state index contributed by atoms with van der Waals surface area (Å²) in [7, 11) is 0. The molecule has 7 nitrogen and oxygen atoms in total.